The van der Waals surface area contributed by atoms with Gasteiger partial charge in [0, 0.05) is 43.7 Å². The minimum atomic E-state index is -0.114. The number of pyridine rings is 1. The Kier molecular flexibility index (Phi) is 5.40. The van der Waals surface area contributed by atoms with Crippen LogP contribution in [-0.2, 0) is 22.6 Å². The van der Waals surface area contributed by atoms with Crippen LogP contribution in [0.25, 0.3) is 17.0 Å². The molecule has 0 saturated heterocycles. The molecule has 0 spiro atoms. The molecular formula is C24H25N3O3. The van der Waals surface area contributed by atoms with Crippen molar-refractivity contribution < 1.29 is 14.0 Å². The fourth-order valence-corrected chi connectivity index (χ4v) is 3.78. The van der Waals surface area contributed by atoms with Gasteiger partial charge in [0.15, 0.2) is 0 Å². The highest BCUT2D eigenvalue weighted by molar-refractivity contribution is 5.94. The first kappa shape index (κ1) is 19.9. The van der Waals surface area contributed by atoms with E-state index >= 15 is 0 Å². The molecule has 0 unspecified atom stereocenters. The van der Waals surface area contributed by atoms with Crippen LogP contribution in [-0.4, -0.2) is 35.8 Å². The zero-order chi connectivity index (χ0) is 21.3. The van der Waals surface area contributed by atoms with Gasteiger partial charge in [-0.05, 0) is 49.1 Å². The number of aryl methyl sites for hydroxylation is 2. The van der Waals surface area contributed by atoms with Crippen LogP contribution < -0.4 is 4.90 Å². The van der Waals surface area contributed by atoms with Gasteiger partial charge in [-0.2, -0.15) is 0 Å². The maximum absolute atomic E-state index is 12.6. The van der Waals surface area contributed by atoms with Crippen LogP contribution in [0, 0.1) is 6.92 Å². The molecule has 2 amide bonds. The SMILES string of the molecule is Cc1c(CN(C)C(=O)/C=C/c2cnc3c(c2)CCCC(=O)N3C)oc2ccccc12. The summed E-state index contributed by atoms with van der Waals surface area (Å²) in [6.07, 6.45) is 7.16. The van der Waals surface area contributed by atoms with E-state index < -0.39 is 0 Å². The van der Waals surface area contributed by atoms with Crippen LogP contribution in [0.5, 0.6) is 0 Å². The zero-order valence-corrected chi connectivity index (χ0v) is 17.5. The number of carbonyl (C=O) groups is 2. The van der Waals surface area contributed by atoms with E-state index in [9.17, 15) is 9.59 Å². The lowest BCUT2D eigenvalue weighted by Crippen LogP contribution is -2.26. The van der Waals surface area contributed by atoms with Gasteiger partial charge in [0.25, 0.3) is 0 Å². The molecule has 1 aliphatic heterocycles. The molecule has 0 radical (unpaired) electrons. The molecular weight excluding hydrogens is 378 g/mol. The third kappa shape index (κ3) is 3.85. The number of amides is 2. The number of hydrogen-bond acceptors (Lipinski definition) is 4. The minimum absolute atomic E-state index is 0.0854. The lowest BCUT2D eigenvalue weighted by molar-refractivity contribution is -0.125. The molecule has 6 heteroatoms. The average Bonchev–Trinajstić information content (AvgIpc) is 2.98. The molecule has 6 nitrogen and oxygen atoms in total. The molecule has 2 aromatic heterocycles. The number of fused-ring (bicyclic) bond motifs is 2. The number of para-hydroxylation sites is 1. The second-order valence-electron chi connectivity index (χ2n) is 7.73. The van der Waals surface area contributed by atoms with Crippen molar-refractivity contribution in [3.63, 3.8) is 0 Å². The molecule has 154 valence electrons. The van der Waals surface area contributed by atoms with Crippen LogP contribution in [0.1, 0.15) is 35.3 Å². The number of rotatable bonds is 4. The molecule has 1 aliphatic rings. The predicted molar refractivity (Wildman–Crippen MR) is 117 cm³/mol. The van der Waals surface area contributed by atoms with Crippen LogP contribution in [0.2, 0.25) is 0 Å². The van der Waals surface area contributed by atoms with E-state index in [2.05, 4.69) is 4.98 Å². The summed E-state index contributed by atoms with van der Waals surface area (Å²) in [4.78, 5) is 32.3. The van der Waals surface area contributed by atoms with Gasteiger partial charge >= 0.3 is 0 Å². The van der Waals surface area contributed by atoms with Crippen molar-refractivity contribution in [2.45, 2.75) is 32.7 Å². The number of anilines is 1. The fraction of sp³-hybridized carbons (Fsp3) is 0.292. The van der Waals surface area contributed by atoms with Gasteiger partial charge in [0.05, 0.1) is 6.54 Å². The Morgan fingerprint density at radius 3 is 2.90 bits per heavy atom. The Morgan fingerprint density at radius 1 is 1.30 bits per heavy atom. The van der Waals surface area contributed by atoms with E-state index in [4.69, 9.17) is 4.42 Å². The molecule has 0 aliphatic carbocycles. The quantitative estimate of drug-likeness (QED) is 0.615. The number of nitrogens with zero attached hydrogens (tertiary/aromatic N) is 3. The highest BCUT2D eigenvalue weighted by atomic mass is 16.3. The van der Waals surface area contributed by atoms with Crippen molar-refractivity contribution in [2.24, 2.45) is 0 Å². The lowest BCUT2D eigenvalue weighted by atomic mass is 10.1. The summed E-state index contributed by atoms with van der Waals surface area (Å²) in [5.74, 6) is 1.47. The van der Waals surface area contributed by atoms with Crippen molar-refractivity contribution in [3.8, 4) is 0 Å². The van der Waals surface area contributed by atoms with Crippen LogP contribution in [0.15, 0.2) is 47.0 Å². The number of aromatic nitrogens is 1. The third-order valence-corrected chi connectivity index (χ3v) is 5.61. The molecule has 0 N–H and O–H groups in total. The Bertz CT molecular complexity index is 1150. The Labute approximate surface area is 175 Å². The molecule has 0 saturated carbocycles. The van der Waals surface area contributed by atoms with Gasteiger partial charge < -0.3 is 9.32 Å². The molecule has 3 heterocycles. The standard InChI is InChI=1S/C24H25N3O3/c1-16-19-8-4-5-9-20(19)30-21(16)15-26(2)22(28)12-11-17-13-18-7-6-10-23(29)27(3)24(18)25-14-17/h4-5,8-9,11-14H,6-7,10,15H2,1-3H3/b12-11+. The summed E-state index contributed by atoms with van der Waals surface area (Å²) in [5, 5.41) is 1.07. The number of hydrogen-bond donors (Lipinski definition) is 0. The second kappa shape index (κ2) is 8.14. The Balaban J connectivity index is 1.47. The monoisotopic (exact) mass is 403 g/mol. The summed E-state index contributed by atoms with van der Waals surface area (Å²) >= 11 is 0. The molecule has 4 rings (SSSR count). The third-order valence-electron chi connectivity index (χ3n) is 5.61. The molecule has 1 aromatic carbocycles. The van der Waals surface area contributed by atoms with E-state index in [0.29, 0.717) is 18.8 Å². The smallest absolute Gasteiger partial charge is 0.246 e. The number of likely N-dealkylation sites (N-methyl/N-ethyl adjacent to an activating group) is 1. The van der Waals surface area contributed by atoms with Crippen molar-refractivity contribution in [3.05, 3.63) is 65.1 Å². The van der Waals surface area contributed by atoms with Gasteiger partial charge in [0.1, 0.15) is 17.2 Å². The molecule has 0 bridgehead atoms. The van der Waals surface area contributed by atoms with E-state index in [-0.39, 0.29) is 11.8 Å². The molecule has 30 heavy (non-hydrogen) atoms. The fourth-order valence-electron chi connectivity index (χ4n) is 3.78. The maximum Gasteiger partial charge on any atom is 0.246 e. The second-order valence-corrected chi connectivity index (χ2v) is 7.73. The van der Waals surface area contributed by atoms with Gasteiger partial charge in [-0.3, -0.25) is 14.5 Å². The van der Waals surface area contributed by atoms with Gasteiger partial charge in [-0.1, -0.05) is 18.2 Å². The highest BCUT2D eigenvalue weighted by Crippen LogP contribution is 2.26. The van der Waals surface area contributed by atoms with Gasteiger partial charge in [-0.25, -0.2) is 4.98 Å². The number of furan rings is 1. The average molecular weight is 403 g/mol. The highest BCUT2D eigenvalue weighted by Gasteiger charge is 2.20. The number of benzene rings is 1. The first-order chi connectivity index (χ1) is 14.4. The van der Waals surface area contributed by atoms with Crippen molar-refractivity contribution in [1.82, 2.24) is 9.88 Å². The molecule has 0 fully saturated rings. The van der Waals surface area contributed by atoms with E-state index in [1.165, 1.54) is 0 Å². The molecule has 0 atom stereocenters. The van der Waals surface area contributed by atoms with Gasteiger partial charge in [0.2, 0.25) is 11.8 Å². The summed E-state index contributed by atoms with van der Waals surface area (Å²) in [7, 11) is 3.52. The normalized spacial score (nSPS) is 14.2. The first-order valence-corrected chi connectivity index (χ1v) is 10.1. The van der Waals surface area contributed by atoms with Gasteiger partial charge in [-0.15, -0.1) is 0 Å². The Morgan fingerprint density at radius 2 is 2.10 bits per heavy atom. The predicted octanol–water partition coefficient (Wildman–Crippen LogP) is 4.11. The minimum Gasteiger partial charge on any atom is -0.459 e. The van der Waals surface area contributed by atoms with Crippen molar-refractivity contribution >= 4 is 34.7 Å². The topological polar surface area (TPSA) is 66.7 Å². The van der Waals surface area contributed by atoms with Crippen LogP contribution >= 0.6 is 0 Å². The van der Waals surface area contributed by atoms with Crippen LogP contribution in [0.3, 0.4) is 0 Å². The summed E-state index contributed by atoms with van der Waals surface area (Å²) in [6, 6.07) is 9.88. The Hall–Kier alpha value is -3.41. The van der Waals surface area contributed by atoms with Crippen molar-refractivity contribution in [2.75, 3.05) is 19.0 Å². The van der Waals surface area contributed by atoms with E-state index in [1.54, 1.807) is 42.2 Å². The van der Waals surface area contributed by atoms with E-state index in [1.807, 2.05) is 37.3 Å². The van der Waals surface area contributed by atoms with E-state index in [0.717, 1.165) is 46.3 Å². The maximum atomic E-state index is 12.6. The van der Waals surface area contributed by atoms with Crippen molar-refractivity contribution in [1.29, 1.82) is 0 Å². The first-order valence-electron chi connectivity index (χ1n) is 10.1. The zero-order valence-electron chi connectivity index (χ0n) is 17.5. The largest absolute Gasteiger partial charge is 0.459 e. The number of carbonyl (C=O) groups excluding carboxylic acids is 2. The summed E-state index contributed by atoms with van der Waals surface area (Å²) in [6.45, 7) is 2.41. The summed E-state index contributed by atoms with van der Waals surface area (Å²) in [5.41, 5.74) is 3.77. The van der Waals surface area contributed by atoms with Crippen LogP contribution in [0.4, 0.5) is 5.82 Å². The molecule has 3 aromatic rings. The summed E-state index contributed by atoms with van der Waals surface area (Å²) < 4.78 is 5.92. The lowest BCUT2D eigenvalue weighted by Gasteiger charge is -2.16.